The Balaban J connectivity index is 1.41. The number of likely N-dealkylation sites (tertiary alicyclic amines) is 1. The van der Waals surface area contributed by atoms with Crippen molar-refractivity contribution in [2.24, 2.45) is 0 Å². The second-order valence-electron chi connectivity index (χ2n) is 6.08. The molecule has 1 fully saturated rings. The molecule has 1 saturated heterocycles. The predicted molar refractivity (Wildman–Crippen MR) is 95.7 cm³/mol. The van der Waals surface area contributed by atoms with Crippen LogP contribution in [0.2, 0.25) is 0 Å². The monoisotopic (exact) mass is 382 g/mol. The van der Waals surface area contributed by atoms with Gasteiger partial charge in [-0.3, -0.25) is 9.48 Å². The van der Waals surface area contributed by atoms with Crippen LogP contribution >= 0.6 is 11.3 Å². The lowest BCUT2D eigenvalue weighted by atomic mass is 10.1. The summed E-state index contributed by atoms with van der Waals surface area (Å²) in [5.74, 6) is 0.131. The van der Waals surface area contributed by atoms with E-state index in [0.29, 0.717) is 36.6 Å². The van der Waals surface area contributed by atoms with Crippen molar-refractivity contribution in [3.8, 4) is 0 Å². The van der Waals surface area contributed by atoms with E-state index in [1.807, 2.05) is 21.8 Å². The van der Waals surface area contributed by atoms with Gasteiger partial charge in [-0.15, -0.1) is 11.3 Å². The molecule has 3 rings (SSSR count). The molecule has 0 atom stereocenters. The molecule has 2 aromatic heterocycles. The van der Waals surface area contributed by atoms with Gasteiger partial charge in [-0.05, 0) is 36.8 Å². The van der Waals surface area contributed by atoms with Gasteiger partial charge in [-0.1, -0.05) is 6.07 Å². The Labute approximate surface area is 151 Å². The molecule has 1 aliphatic heterocycles. The van der Waals surface area contributed by atoms with Gasteiger partial charge in [0.05, 0.1) is 0 Å². The van der Waals surface area contributed by atoms with Crippen molar-refractivity contribution >= 4 is 27.3 Å². The van der Waals surface area contributed by atoms with Crippen LogP contribution in [-0.2, 0) is 21.4 Å². The Morgan fingerprint density at radius 3 is 2.76 bits per heavy atom. The lowest BCUT2D eigenvalue weighted by Crippen LogP contribution is -2.46. The van der Waals surface area contributed by atoms with Crippen molar-refractivity contribution < 1.29 is 13.2 Å². The van der Waals surface area contributed by atoms with E-state index in [1.54, 1.807) is 23.7 Å². The van der Waals surface area contributed by atoms with Crippen LogP contribution in [0.1, 0.15) is 25.7 Å². The first kappa shape index (κ1) is 18.1. The molecule has 0 spiro atoms. The molecule has 0 aliphatic carbocycles. The predicted octanol–water partition coefficient (Wildman–Crippen LogP) is 1.69. The standard InChI is InChI=1S/C16H22N4O3S2/c21-15(4-1-9-20-10-3-8-17-20)19-11-6-14(7-12-19)18-25(22,23)16-5-2-13-24-16/h2-3,5,8,10,13-14,18H,1,4,6-7,9,11-12H2. The molecule has 9 heteroatoms. The van der Waals surface area contributed by atoms with Gasteiger partial charge >= 0.3 is 0 Å². The summed E-state index contributed by atoms with van der Waals surface area (Å²) in [5.41, 5.74) is 0. The highest BCUT2D eigenvalue weighted by atomic mass is 32.2. The Morgan fingerprint density at radius 2 is 2.12 bits per heavy atom. The van der Waals surface area contributed by atoms with Crippen LogP contribution in [0.4, 0.5) is 0 Å². The van der Waals surface area contributed by atoms with Gasteiger partial charge in [0.15, 0.2) is 0 Å². The Bertz CT molecular complexity index is 764. The molecule has 1 amide bonds. The summed E-state index contributed by atoms with van der Waals surface area (Å²) < 4.78 is 29.4. The van der Waals surface area contributed by atoms with E-state index < -0.39 is 10.0 Å². The molecule has 0 saturated carbocycles. The quantitative estimate of drug-likeness (QED) is 0.790. The van der Waals surface area contributed by atoms with Crippen LogP contribution in [0.3, 0.4) is 0 Å². The number of thiophene rings is 1. The summed E-state index contributed by atoms with van der Waals surface area (Å²) in [6, 6.07) is 5.08. The fourth-order valence-corrected chi connectivity index (χ4v) is 5.24. The van der Waals surface area contributed by atoms with Crippen LogP contribution in [0.5, 0.6) is 0 Å². The van der Waals surface area contributed by atoms with E-state index in [-0.39, 0.29) is 11.9 Å². The third kappa shape index (κ3) is 4.90. The number of rotatable bonds is 7. The van der Waals surface area contributed by atoms with Gasteiger partial charge < -0.3 is 4.90 Å². The lowest BCUT2D eigenvalue weighted by Gasteiger charge is -2.32. The second kappa shape index (κ2) is 8.11. The molecule has 1 aliphatic rings. The molecule has 25 heavy (non-hydrogen) atoms. The van der Waals surface area contributed by atoms with Gasteiger partial charge in [-0.25, -0.2) is 13.1 Å². The summed E-state index contributed by atoms with van der Waals surface area (Å²) in [4.78, 5) is 14.1. The maximum atomic E-state index is 12.3. The van der Waals surface area contributed by atoms with Crippen LogP contribution in [-0.4, -0.2) is 48.1 Å². The molecule has 136 valence electrons. The SMILES string of the molecule is O=C(CCCn1cccn1)N1CCC(NS(=O)(=O)c2cccs2)CC1. The van der Waals surface area contributed by atoms with E-state index in [4.69, 9.17) is 0 Å². The van der Waals surface area contributed by atoms with Crippen molar-refractivity contribution in [3.63, 3.8) is 0 Å². The van der Waals surface area contributed by atoms with Crippen molar-refractivity contribution in [2.75, 3.05) is 13.1 Å². The zero-order valence-electron chi connectivity index (χ0n) is 13.9. The molecule has 0 bridgehead atoms. The van der Waals surface area contributed by atoms with Gasteiger partial charge in [0.1, 0.15) is 4.21 Å². The molecule has 0 unspecified atom stereocenters. The fourth-order valence-electron chi connectivity index (χ4n) is 2.92. The second-order valence-corrected chi connectivity index (χ2v) is 8.97. The minimum absolute atomic E-state index is 0.111. The maximum absolute atomic E-state index is 12.3. The molecule has 0 radical (unpaired) electrons. The third-order valence-corrected chi connectivity index (χ3v) is 7.18. The molecule has 2 aromatic rings. The number of carbonyl (C=O) groups is 1. The highest BCUT2D eigenvalue weighted by Gasteiger charge is 2.26. The third-order valence-electron chi connectivity index (χ3n) is 4.27. The van der Waals surface area contributed by atoms with E-state index in [0.717, 1.165) is 13.0 Å². The van der Waals surface area contributed by atoms with Gasteiger partial charge in [0, 0.05) is 44.5 Å². The number of piperidine rings is 1. The van der Waals surface area contributed by atoms with E-state index >= 15 is 0 Å². The first-order valence-electron chi connectivity index (χ1n) is 8.35. The average Bonchev–Trinajstić information content (AvgIpc) is 3.29. The van der Waals surface area contributed by atoms with Crippen molar-refractivity contribution in [2.45, 2.75) is 42.5 Å². The molecule has 3 heterocycles. The lowest BCUT2D eigenvalue weighted by molar-refractivity contribution is -0.132. The van der Waals surface area contributed by atoms with Gasteiger partial charge in [-0.2, -0.15) is 5.10 Å². The van der Waals surface area contributed by atoms with Gasteiger partial charge in [0.25, 0.3) is 0 Å². The molecule has 0 aromatic carbocycles. The summed E-state index contributed by atoms with van der Waals surface area (Å²) in [5, 5.41) is 5.87. The number of nitrogens with one attached hydrogen (secondary N) is 1. The summed E-state index contributed by atoms with van der Waals surface area (Å²) in [6.07, 6.45) is 6.15. The van der Waals surface area contributed by atoms with E-state index in [1.165, 1.54) is 11.3 Å². The van der Waals surface area contributed by atoms with Crippen molar-refractivity contribution in [3.05, 3.63) is 36.0 Å². The minimum atomic E-state index is -3.44. The minimum Gasteiger partial charge on any atom is -0.343 e. The number of hydrogen-bond acceptors (Lipinski definition) is 5. The first-order chi connectivity index (χ1) is 12.0. The fraction of sp³-hybridized carbons (Fsp3) is 0.500. The largest absolute Gasteiger partial charge is 0.343 e. The van der Waals surface area contributed by atoms with Crippen molar-refractivity contribution in [1.29, 1.82) is 0 Å². The molecule has 7 nitrogen and oxygen atoms in total. The highest BCUT2D eigenvalue weighted by molar-refractivity contribution is 7.91. The number of carbonyl (C=O) groups excluding carboxylic acids is 1. The van der Waals surface area contributed by atoms with Crippen LogP contribution in [0, 0.1) is 0 Å². The normalized spacial score (nSPS) is 16.2. The van der Waals surface area contributed by atoms with Crippen LogP contribution in [0.25, 0.3) is 0 Å². The molecular weight excluding hydrogens is 360 g/mol. The first-order valence-corrected chi connectivity index (χ1v) is 10.7. The number of hydrogen-bond donors (Lipinski definition) is 1. The molecule has 1 N–H and O–H groups in total. The van der Waals surface area contributed by atoms with Crippen LogP contribution < -0.4 is 4.72 Å². The van der Waals surface area contributed by atoms with Crippen molar-refractivity contribution in [1.82, 2.24) is 19.4 Å². The number of aryl methyl sites for hydroxylation is 1. The summed E-state index contributed by atoms with van der Waals surface area (Å²) >= 11 is 1.21. The average molecular weight is 383 g/mol. The summed E-state index contributed by atoms with van der Waals surface area (Å²) in [7, 11) is -3.44. The zero-order valence-corrected chi connectivity index (χ0v) is 15.5. The van der Waals surface area contributed by atoms with E-state index in [2.05, 4.69) is 9.82 Å². The van der Waals surface area contributed by atoms with E-state index in [9.17, 15) is 13.2 Å². The van der Waals surface area contributed by atoms with Crippen LogP contribution in [0.15, 0.2) is 40.2 Å². The Hall–Kier alpha value is -1.71. The maximum Gasteiger partial charge on any atom is 0.250 e. The van der Waals surface area contributed by atoms with Gasteiger partial charge in [0.2, 0.25) is 15.9 Å². The number of nitrogens with zero attached hydrogens (tertiary/aromatic N) is 3. The highest BCUT2D eigenvalue weighted by Crippen LogP contribution is 2.19. The number of sulfonamides is 1. The Morgan fingerprint density at radius 1 is 1.32 bits per heavy atom. The number of amides is 1. The topological polar surface area (TPSA) is 84.3 Å². The Kier molecular flexibility index (Phi) is 5.87. The number of aromatic nitrogens is 2. The molecular formula is C16H22N4O3S2. The summed E-state index contributed by atoms with van der Waals surface area (Å²) in [6.45, 7) is 1.92. The zero-order chi connectivity index (χ0) is 17.7. The smallest absolute Gasteiger partial charge is 0.250 e.